The van der Waals surface area contributed by atoms with Crippen LogP contribution in [0, 0.1) is 0 Å². The Hall–Kier alpha value is -1.30. The molecule has 82 valence electrons. The van der Waals surface area contributed by atoms with Gasteiger partial charge in [0.2, 0.25) is 0 Å². The van der Waals surface area contributed by atoms with Crippen molar-refractivity contribution in [3.05, 3.63) is 0 Å². The molecule has 0 rings (SSSR count). The molecular formula is C8H16N2O4. The molecule has 2 amide bonds. The lowest BCUT2D eigenvalue weighted by Crippen LogP contribution is -2.56. The van der Waals surface area contributed by atoms with Crippen molar-refractivity contribution < 1.29 is 19.8 Å². The molecule has 0 saturated heterocycles. The number of nitrogens with zero attached hydrogens (tertiary/aromatic N) is 2. The summed E-state index contributed by atoms with van der Waals surface area (Å²) in [4.78, 5) is 21.4. The highest BCUT2D eigenvalue weighted by atomic mass is 16.4. The summed E-state index contributed by atoms with van der Waals surface area (Å²) in [5, 5.41) is 19.0. The number of hydrogen-bond donors (Lipinski definition) is 2. The van der Waals surface area contributed by atoms with Crippen molar-refractivity contribution in [1.82, 2.24) is 10.0 Å². The standard InChI is InChI=1S/C8H16N2O4/c1-5-9(8(2,3)4)10(6(11)12)7(13)14/h5H2,1-4H3,(H,11,12)(H,13,14). The molecule has 0 radical (unpaired) electrons. The number of carbonyl (C=O) groups is 2. The molecular weight excluding hydrogens is 188 g/mol. The van der Waals surface area contributed by atoms with Crippen molar-refractivity contribution in [1.29, 1.82) is 0 Å². The monoisotopic (exact) mass is 204 g/mol. The van der Waals surface area contributed by atoms with Gasteiger partial charge in [-0.1, -0.05) is 6.92 Å². The number of rotatable bonds is 2. The lowest BCUT2D eigenvalue weighted by Gasteiger charge is -2.38. The molecule has 0 aliphatic heterocycles. The fourth-order valence-electron chi connectivity index (χ4n) is 1.20. The first kappa shape index (κ1) is 12.7. The van der Waals surface area contributed by atoms with E-state index in [1.54, 1.807) is 27.7 Å². The molecule has 0 aliphatic carbocycles. The molecule has 0 unspecified atom stereocenters. The normalized spacial score (nSPS) is 11.5. The predicted molar refractivity (Wildman–Crippen MR) is 50.0 cm³/mol. The fourth-order valence-corrected chi connectivity index (χ4v) is 1.20. The zero-order valence-corrected chi connectivity index (χ0v) is 8.81. The van der Waals surface area contributed by atoms with Gasteiger partial charge in [-0.25, -0.2) is 14.6 Å². The van der Waals surface area contributed by atoms with E-state index in [1.165, 1.54) is 5.01 Å². The van der Waals surface area contributed by atoms with E-state index in [1.807, 2.05) is 0 Å². The Balaban J connectivity index is 4.96. The van der Waals surface area contributed by atoms with Crippen molar-refractivity contribution >= 4 is 12.2 Å². The summed E-state index contributed by atoms with van der Waals surface area (Å²) >= 11 is 0. The summed E-state index contributed by atoms with van der Waals surface area (Å²) < 4.78 is 0. The second kappa shape index (κ2) is 4.28. The molecule has 0 heterocycles. The quantitative estimate of drug-likeness (QED) is 0.669. The average Bonchev–Trinajstić information content (AvgIpc) is 1.95. The van der Waals surface area contributed by atoms with Gasteiger partial charge in [0, 0.05) is 12.1 Å². The highest BCUT2D eigenvalue weighted by Crippen LogP contribution is 2.16. The average molecular weight is 204 g/mol. The van der Waals surface area contributed by atoms with Gasteiger partial charge < -0.3 is 10.2 Å². The zero-order valence-electron chi connectivity index (χ0n) is 8.81. The van der Waals surface area contributed by atoms with Crippen LogP contribution in [0.2, 0.25) is 0 Å². The molecule has 6 heteroatoms. The molecule has 0 aliphatic rings. The minimum atomic E-state index is -1.49. The first-order valence-corrected chi connectivity index (χ1v) is 4.25. The Morgan fingerprint density at radius 2 is 1.50 bits per heavy atom. The number of carboxylic acid groups (broad SMARTS) is 2. The Kier molecular flexibility index (Phi) is 3.88. The molecule has 0 saturated carbocycles. The zero-order chi connectivity index (χ0) is 11.5. The van der Waals surface area contributed by atoms with Crippen LogP contribution in [-0.4, -0.2) is 44.5 Å². The van der Waals surface area contributed by atoms with Crippen LogP contribution in [0.15, 0.2) is 0 Å². The van der Waals surface area contributed by atoms with Crippen molar-refractivity contribution in [2.45, 2.75) is 33.2 Å². The van der Waals surface area contributed by atoms with Crippen molar-refractivity contribution in [2.24, 2.45) is 0 Å². The van der Waals surface area contributed by atoms with E-state index in [4.69, 9.17) is 10.2 Å². The fraction of sp³-hybridized carbons (Fsp3) is 0.750. The minimum Gasteiger partial charge on any atom is -0.464 e. The van der Waals surface area contributed by atoms with Gasteiger partial charge in [0.25, 0.3) is 0 Å². The first-order chi connectivity index (χ1) is 6.21. The predicted octanol–water partition coefficient (Wildman–Crippen LogP) is 1.68. The third kappa shape index (κ3) is 2.88. The van der Waals surface area contributed by atoms with Gasteiger partial charge in [-0.2, -0.15) is 0 Å². The van der Waals surface area contributed by atoms with E-state index in [0.29, 0.717) is 11.6 Å². The van der Waals surface area contributed by atoms with Crippen LogP contribution >= 0.6 is 0 Å². The van der Waals surface area contributed by atoms with Crippen molar-refractivity contribution in [2.75, 3.05) is 6.54 Å². The van der Waals surface area contributed by atoms with Gasteiger partial charge in [-0.05, 0) is 20.8 Å². The van der Waals surface area contributed by atoms with Crippen molar-refractivity contribution in [3.8, 4) is 0 Å². The SMILES string of the molecule is CCN(N(C(=O)O)C(=O)O)C(C)(C)C. The third-order valence-electron chi connectivity index (χ3n) is 1.68. The van der Waals surface area contributed by atoms with Gasteiger partial charge in [0.1, 0.15) is 0 Å². The summed E-state index contributed by atoms with van der Waals surface area (Å²) in [6.45, 7) is 7.24. The van der Waals surface area contributed by atoms with E-state index in [2.05, 4.69) is 0 Å². The molecule has 0 aromatic carbocycles. The lowest BCUT2D eigenvalue weighted by atomic mass is 10.1. The van der Waals surface area contributed by atoms with Gasteiger partial charge in [0.15, 0.2) is 0 Å². The smallest absolute Gasteiger partial charge is 0.432 e. The van der Waals surface area contributed by atoms with Crippen LogP contribution in [0.3, 0.4) is 0 Å². The summed E-state index contributed by atoms with van der Waals surface area (Å²) in [6.07, 6.45) is -2.98. The molecule has 0 spiro atoms. The maximum absolute atomic E-state index is 10.7. The van der Waals surface area contributed by atoms with E-state index in [9.17, 15) is 9.59 Å². The van der Waals surface area contributed by atoms with Crippen LogP contribution in [-0.2, 0) is 0 Å². The molecule has 0 bridgehead atoms. The summed E-state index contributed by atoms with van der Waals surface area (Å²) in [6, 6.07) is 0. The molecule has 0 fully saturated rings. The van der Waals surface area contributed by atoms with Crippen LogP contribution in [0.5, 0.6) is 0 Å². The van der Waals surface area contributed by atoms with Crippen LogP contribution in [0.25, 0.3) is 0 Å². The van der Waals surface area contributed by atoms with E-state index < -0.39 is 17.7 Å². The maximum Gasteiger partial charge on any atom is 0.432 e. The molecule has 6 nitrogen and oxygen atoms in total. The van der Waals surface area contributed by atoms with E-state index in [0.717, 1.165) is 0 Å². The second-order valence-corrected chi connectivity index (χ2v) is 3.76. The molecule has 0 aromatic heterocycles. The number of hydrazine groups is 1. The van der Waals surface area contributed by atoms with Gasteiger partial charge in [0.05, 0.1) is 0 Å². The molecule has 0 atom stereocenters. The van der Waals surface area contributed by atoms with E-state index >= 15 is 0 Å². The third-order valence-corrected chi connectivity index (χ3v) is 1.68. The maximum atomic E-state index is 10.7. The Morgan fingerprint density at radius 3 is 1.57 bits per heavy atom. The topological polar surface area (TPSA) is 81.1 Å². The highest BCUT2D eigenvalue weighted by Gasteiger charge is 2.33. The first-order valence-electron chi connectivity index (χ1n) is 4.25. The Labute approximate surface area is 82.7 Å². The van der Waals surface area contributed by atoms with Gasteiger partial charge >= 0.3 is 12.2 Å². The van der Waals surface area contributed by atoms with Crippen LogP contribution in [0.4, 0.5) is 9.59 Å². The molecule has 2 N–H and O–H groups in total. The largest absolute Gasteiger partial charge is 0.464 e. The molecule has 14 heavy (non-hydrogen) atoms. The number of hydrogen-bond acceptors (Lipinski definition) is 3. The number of amides is 2. The van der Waals surface area contributed by atoms with E-state index in [-0.39, 0.29) is 0 Å². The van der Waals surface area contributed by atoms with Gasteiger partial charge in [-0.15, -0.1) is 5.01 Å². The van der Waals surface area contributed by atoms with Crippen molar-refractivity contribution in [3.63, 3.8) is 0 Å². The van der Waals surface area contributed by atoms with Crippen LogP contribution in [0.1, 0.15) is 27.7 Å². The van der Waals surface area contributed by atoms with Crippen LogP contribution < -0.4 is 0 Å². The summed E-state index contributed by atoms with van der Waals surface area (Å²) in [7, 11) is 0. The summed E-state index contributed by atoms with van der Waals surface area (Å²) in [5.41, 5.74) is -0.550. The molecule has 0 aromatic rings. The Bertz CT molecular complexity index is 220. The second-order valence-electron chi connectivity index (χ2n) is 3.76. The highest BCUT2D eigenvalue weighted by molar-refractivity contribution is 5.84. The summed E-state index contributed by atoms with van der Waals surface area (Å²) in [5.74, 6) is 0. The lowest BCUT2D eigenvalue weighted by molar-refractivity contribution is -0.0500. The Morgan fingerprint density at radius 1 is 1.14 bits per heavy atom. The number of imide groups is 1. The van der Waals surface area contributed by atoms with Gasteiger partial charge in [-0.3, -0.25) is 0 Å². The minimum absolute atomic E-state index is 0.306.